The summed E-state index contributed by atoms with van der Waals surface area (Å²) >= 11 is 0. The number of benzene rings is 1. The Morgan fingerprint density at radius 1 is 1.60 bits per heavy atom. The summed E-state index contributed by atoms with van der Waals surface area (Å²) in [6, 6.07) is 4.11. The highest BCUT2D eigenvalue weighted by molar-refractivity contribution is 5.66. The van der Waals surface area contributed by atoms with Crippen LogP contribution in [0.1, 0.15) is 30.0 Å². The summed E-state index contributed by atoms with van der Waals surface area (Å²) in [6.45, 7) is 1.84. The minimum Gasteiger partial charge on any atom is -0.481 e. The zero-order valence-corrected chi connectivity index (χ0v) is 8.53. The van der Waals surface area contributed by atoms with Crippen molar-refractivity contribution >= 4 is 5.97 Å². The van der Waals surface area contributed by atoms with Crippen LogP contribution in [-0.2, 0) is 4.79 Å². The Morgan fingerprint density at radius 3 is 2.87 bits per heavy atom. The van der Waals surface area contributed by atoms with Crippen molar-refractivity contribution in [1.82, 2.24) is 0 Å². The Bertz CT molecular complexity index is 366. The van der Waals surface area contributed by atoms with Crippen LogP contribution in [0.25, 0.3) is 0 Å². The third-order valence-electron chi connectivity index (χ3n) is 2.22. The second-order valence-electron chi connectivity index (χ2n) is 3.56. The van der Waals surface area contributed by atoms with E-state index in [0.717, 1.165) is 5.56 Å². The van der Waals surface area contributed by atoms with Gasteiger partial charge in [0.2, 0.25) is 0 Å². The number of aryl methyl sites for hydroxylation is 1. The molecule has 1 unspecified atom stereocenters. The van der Waals surface area contributed by atoms with Gasteiger partial charge in [-0.3, -0.25) is 4.79 Å². The number of rotatable bonds is 4. The molecule has 0 aliphatic rings. The van der Waals surface area contributed by atoms with E-state index in [9.17, 15) is 9.18 Å². The van der Waals surface area contributed by atoms with Crippen LogP contribution in [-0.4, -0.2) is 11.1 Å². The zero-order valence-electron chi connectivity index (χ0n) is 8.53. The van der Waals surface area contributed by atoms with Gasteiger partial charge < -0.3 is 10.8 Å². The van der Waals surface area contributed by atoms with Crippen molar-refractivity contribution in [2.75, 3.05) is 0 Å². The first kappa shape index (κ1) is 11.7. The Kier molecular flexibility index (Phi) is 3.80. The Morgan fingerprint density at radius 2 is 2.27 bits per heavy atom. The number of carbonyl (C=O) groups is 1. The first-order valence-electron chi connectivity index (χ1n) is 4.74. The zero-order chi connectivity index (χ0) is 11.4. The third kappa shape index (κ3) is 3.32. The van der Waals surface area contributed by atoms with Crippen LogP contribution in [0.15, 0.2) is 18.2 Å². The second-order valence-corrected chi connectivity index (χ2v) is 3.56. The molecule has 1 atom stereocenters. The maximum atomic E-state index is 13.3. The Labute approximate surface area is 87.7 Å². The van der Waals surface area contributed by atoms with E-state index in [4.69, 9.17) is 10.8 Å². The molecule has 15 heavy (non-hydrogen) atoms. The topological polar surface area (TPSA) is 63.3 Å². The average molecular weight is 211 g/mol. The van der Waals surface area contributed by atoms with E-state index in [1.54, 1.807) is 12.1 Å². The molecule has 0 amide bonds. The number of hydrogen-bond donors (Lipinski definition) is 2. The predicted molar refractivity (Wildman–Crippen MR) is 54.9 cm³/mol. The van der Waals surface area contributed by atoms with Gasteiger partial charge in [-0.25, -0.2) is 4.39 Å². The molecule has 1 rings (SSSR count). The molecule has 0 aromatic heterocycles. The molecule has 0 aliphatic carbocycles. The van der Waals surface area contributed by atoms with Crippen LogP contribution >= 0.6 is 0 Å². The molecule has 0 heterocycles. The van der Waals surface area contributed by atoms with Gasteiger partial charge in [-0.2, -0.15) is 0 Å². The van der Waals surface area contributed by atoms with Gasteiger partial charge in [0, 0.05) is 18.0 Å². The number of carboxylic acids is 1. The minimum absolute atomic E-state index is 0.0471. The highest BCUT2D eigenvalue weighted by atomic mass is 19.1. The molecule has 0 saturated heterocycles. The molecule has 0 fully saturated rings. The highest BCUT2D eigenvalue weighted by Crippen LogP contribution is 2.20. The first-order valence-corrected chi connectivity index (χ1v) is 4.74. The minimum atomic E-state index is -0.918. The lowest BCUT2D eigenvalue weighted by Crippen LogP contribution is -2.14. The van der Waals surface area contributed by atoms with Gasteiger partial charge in [0.05, 0.1) is 0 Å². The van der Waals surface area contributed by atoms with Crippen LogP contribution in [0.5, 0.6) is 0 Å². The van der Waals surface area contributed by atoms with Gasteiger partial charge in [-0.15, -0.1) is 0 Å². The van der Waals surface area contributed by atoms with E-state index in [0.29, 0.717) is 5.56 Å². The average Bonchev–Trinajstić information content (AvgIpc) is 2.18. The molecule has 0 spiro atoms. The van der Waals surface area contributed by atoms with Crippen molar-refractivity contribution in [1.29, 1.82) is 0 Å². The van der Waals surface area contributed by atoms with Crippen LogP contribution < -0.4 is 5.73 Å². The van der Waals surface area contributed by atoms with Crippen LogP contribution in [0.3, 0.4) is 0 Å². The third-order valence-corrected chi connectivity index (χ3v) is 2.22. The fourth-order valence-corrected chi connectivity index (χ4v) is 1.38. The molecule has 0 aliphatic heterocycles. The van der Waals surface area contributed by atoms with Crippen molar-refractivity contribution in [2.24, 2.45) is 5.73 Å². The SMILES string of the molecule is Cc1ccc(F)c(C(N)CCC(=O)O)c1. The van der Waals surface area contributed by atoms with Crippen molar-refractivity contribution < 1.29 is 14.3 Å². The lowest BCUT2D eigenvalue weighted by molar-refractivity contribution is -0.137. The van der Waals surface area contributed by atoms with Gasteiger partial charge in [0.1, 0.15) is 5.82 Å². The number of hydrogen-bond acceptors (Lipinski definition) is 2. The van der Waals surface area contributed by atoms with Crippen LogP contribution in [0, 0.1) is 12.7 Å². The van der Waals surface area contributed by atoms with E-state index < -0.39 is 12.0 Å². The number of halogens is 1. The summed E-state index contributed by atoms with van der Waals surface area (Å²) in [4.78, 5) is 10.3. The summed E-state index contributed by atoms with van der Waals surface area (Å²) in [6.07, 6.45) is 0.199. The van der Waals surface area contributed by atoms with E-state index in [1.165, 1.54) is 6.07 Å². The molecule has 1 aromatic carbocycles. The van der Waals surface area contributed by atoms with E-state index in [-0.39, 0.29) is 18.7 Å². The maximum Gasteiger partial charge on any atom is 0.303 e. The normalized spacial score (nSPS) is 12.5. The molecular weight excluding hydrogens is 197 g/mol. The molecule has 0 saturated carbocycles. The van der Waals surface area contributed by atoms with Crippen LogP contribution in [0.2, 0.25) is 0 Å². The highest BCUT2D eigenvalue weighted by Gasteiger charge is 2.12. The monoisotopic (exact) mass is 211 g/mol. The Hall–Kier alpha value is -1.42. The van der Waals surface area contributed by atoms with Gasteiger partial charge in [-0.1, -0.05) is 17.7 Å². The summed E-state index contributed by atoms with van der Waals surface area (Å²) in [5.41, 5.74) is 7.01. The summed E-state index contributed by atoms with van der Waals surface area (Å²) < 4.78 is 13.3. The number of carboxylic acid groups (broad SMARTS) is 1. The molecule has 3 N–H and O–H groups in total. The molecule has 82 valence electrons. The maximum absolute atomic E-state index is 13.3. The fourth-order valence-electron chi connectivity index (χ4n) is 1.38. The smallest absolute Gasteiger partial charge is 0.303 e. The van der Waals surface area contributed by atoms with Crippen molar-refractivity contribution in [2.45, 2.75) is 25.8 Å². The molecule has 4 heteroatoms. The van der Waals surface area contributed by atoms with Gasteiger partial charge in [-0.05, 0) is 19.4 Å². The van der Waals surface area contributed by atoms with Crippen molar-refractivity contribution in [3.63, 3.8) is 0 Å². The van der Waals surface area contributed by atoms with Crippen LogP contribution in [0.4, 0.5) is 4.39 Å². The number of nitrogens with two attached hydrogens (primary N) is 1. The van der Waals surface area contributed by atoms with Crippen molar-refractivity contribution in [3.8, 4) is 0 Å². The van der Waals surface area contributed by atoms with Crippen molar-refractivity contribution in [3.05, 3.63) is 35.1 Å². The fraction of sp³-hybridized carbons (Fsp3) is 0.364. The molecular formula is C11H14FNO2. The second kappa shape index (κ2) is 4.89. The summed E-state index contributed by atoms with van der Waals surface area (Å²) in [5.74, 6) is -1.29. The lowest BCUT2D eigenvalue weighted by Gasteiger charge is -2.12. The van der Waals surface area contributed by atoms with E-state index in [2.05, 4.69) is 0 Å². The van der Waals surface area contributed by atoms with Gasteiger partial charge in [0.15, 0.2) is 0 Å². The Balaban J connectivity index is 2.76. The predicted octanol–water partition coefficient (Wildman–Crippen LogP) is 2.00. The van der Waals surface area contributed by atoms with Gasteiger partial charge >= 0.3 is 5.97 Å². The van der Waals surface area contributed by atoms with E-state index >= 15 is 0 Å². The molecule has 0 bridgehead atoms. The number of aliphatic carboxylic acids is 1. The molecule has 1 aromatic rings. The summed E-state index contributed by atoms with van der Waals surface area (Å²) in [5, 5.41) is 8.48. The summed E-state index contributed by atoms with van der Waals surface area (Å²) in [7, 11) is 0. The lowest BCUT2D eigenvalue weighted by atomic mass is 10.0. The largest absolute Gasteiger partial charge is 0.481 e. The quantitative estimate of drug-likeness (QED) is 0.800. The van der Waals surface area contributed by atoms with E-state index in [1.807, 2.05) is 6.92 Å². The molecule has 3 nitrogen and oxygen atoms in total. The van der Waals surface area contributed by atoms with Gasteiger partial charge in [0.25, 0.3) is 0 Å². The molecule has 0 radical (unpaired) electrons. The first-order chi connectivity index (χ1) is 7.00. The standard InChI is InChI=1S/C11H14FNO2/c1-7-2-3-9(12)8(6-7)10(13)4-5-11(14)15/h2-3,6,10H,4-5,13H2,1H3,(H,14,15).